The summed E-state index contributed by atoms with van der Waals surface area (Å²) >= 11 is 6.08. The fraction of sp³-hybridized carbons (Fsp3) is 0.429. The van der Waals surface area contributed by atoms with Gasteiger partial charge in [-0.05, 0) is 68.7 Å². The van der Waals surface area contributed by atoms with Gasteiger partial charge < -0.3 is 14.9 Å². The van der Waals surface area contributed by atoms with Gasteiger partial charge in [0.25, 0.3) is 17.4 Å². The highest BCUT2D eigenvalue weighted by Crippen LogP contribution is 2.40. The SMILES string of the molecule is CCCCN(CCCC)CCCN1C(=O)C(=O)C(=C(O)c2ccc([N+](=O)[O-])cc2)[C@@H]1c1ccc(Cl)cc1. The number of carbonyl (C=O) groups excluding carboxylic acids is 2. The molecule has 0 aliphatic carbocycles. The third-order valence-electron chi connectivity index (χ3n) is 6.61. The molecule has 1 fully saturated rings. The number of nitro groups is 1. The molecular weight excluding hydrogens is 494 g/mol. The van der Waals surface area contributed by atoms with E-state index in [0.29, 0.717) is 23.6 Å². The Bertz CT molecular complexity index is 1120. The maximum absolute atomic E-state index is 13.2. The largest absolute Gasteiger partial charge is 0.507 e. The zero-order valence-corrected chi connectivity index (χ0v) is 22.1. The number of nitro benzene ring substituents is 1. The third-order valence-corrected chi connectivity index (χ3v) is 6.86. The molecule has 1 saturated heterocycles. The molecule has 3 rings (SSSR count). The first-order valence-corrected chi connectivity index (χ1v) is 13.2. The molecule has 9 heteroatoms. The molecule has 2 aromatic carbocycles. The van der Waals surface area contributed by atoms with Gasteiger partial charge in [-0.2, -0.15) is 0 Å². The molecule has 0 spiro atoms. The van der Waals surface area contributed by atoms with Crippen LogP contribution in [0.25, 0.3) is 5.76 Å². The average molecular weight is 528 g/mol. The van der Waals surface area contributed by atoms with Crippen LogP contribution in [0.5, 0.6) is 0 Å². The summed E-state index contributed by atoms with van der Waals surface area (Å²) in [6, 6.07) is 11.3. The molecule has 1 aliphatic heterocycles. The normalized spacial score (nSPS) is 17.1. The number of likely N-dealkylation sites (tertiary alicyclic amines) is 1. The highest BCUT2D eigenvalue weighted by atomic mass is 35.5. The highest BCUT2D eigenvalue weighted by molar-refractivity contribution is 6.46. The van der Waals surface area contributed by atoms with E-state index in [9.17, 15) is 24.8 Å². The first-order chi connectivity index (χ1) is 17.8. The Morgan fingerprint density at radius 3 is 2.08 bits per heavy atom. The van der Waals surface area contributed by atoms with E-state index in [4.69, 9.17) is 11.6 Å². The van der Waals surface area contributed by atoms with Crippen molar-refractivity contribution in [2.75, 3.05) is 26.2 Å². The van der Waals surface area contributed by atoms with E-state index in [1.54, 1.807) is 24.3 Å². The Labute approximate surface area is 222 Å². The molecule has 0 aromatic heterocycles. The van der Waals surface area contributed by atoms with Crippen LogP contribution >= 0.6 is 11.6 Å². The van der Waals surface area contributed by atoms with Crippen molar-refractivity contribution in [2.45, 2.75) is 52.0 Å². The number of aliphatic hydroxyl groups excluding tert-OH is 1. The predicted molar refractivity (Wildman–Crippen MR) is 144 cm³/mol. The molecule has 37 heavy (non-hydrogen) atoms. The van der Waals surface area contributed by atoms with Gasteiger partial charge in [-0.1, -0.05) is 50.4 Å². The third kappa shape index (κ3) is 6.96. The van der Waals surface area contributed by atoms with Crippen LogP contribution in [0.2, 0.25) is 5.02 Å². The number of carbonyl (C=O) groups is 2. The Balaban J connectivity index is 1.92. The lowest BCUT2D eigenvalue weighted by Gasteiger charge is -2.27. The summed E-state index contributed by atoms with van der Waals surface area (Å²) in [5, 5.41) is 22.7. The van der Waals surface area contributed by atoms with Crippen molar-refractivity contribution < 1.29 is 19.6 Å². The van der Waals surface area contributed by atoms with Crippen LogP contribution < -0.4 is 0 Å². The van der Waals surface area contributed by atoms with E-state index in [1.165, 1.54) is 29.2 Å². The van der Waals surface area contributed by atoms with E-state index in [2.05, 4.69) is 18.7 Å². The number of rotatable bonds is 13. The van der Waals surface area contributed by atoms with Gasteiger partial charge in [-0.25, -0.2) is 0 Å². The van der Waals surface area contributed by atoms with Crippen LogP contribution in [0.15, 0.2) is 54.1 Å². The molecule has 0 unspecified atom stereocenters. The number of benzene rings is 2. The Hall–Kier alpha value is -3.23. The minimum atomic E-state index is -0.785. The molecule has 1 atom stereocenters. The summed E-state index contributed by atoms with van der Waals surface area (Å²) in [6.07, 6.45) is 5.11. The second-order valence-corrected chi connectivity index (χ2v) is 9.69. The number of unbranched alkanes of at least 4 members (excludes halogenated alkanes) is 2. The number of amides is 1. The fourth-order valence-corrected chi connectivity index (χ4v) is 4.69. The number of hydrogen-bond donors (Lipinski definition) is 1. The van der Waals surface area contributed by atoms with Crippen molar-refractivity contribution in [3.8, 4) is 0 Å². The van der Waals surface area contributed by atoms with Gasteiger partial charge >= 0.3 is 0 Å². The van der Waals surface area contributed by atoms with Gasteiger partial charge in [-0.15, -0.1) is 0 Å². The molecule has 0 saturated carbocycles. The predicted octanol–water partition coefficient (Wildman–Crippen LogP) is 5.96. The molecule has 0 bridgehead atoms. The van der Waals surface area contributed by atoms with E-state index >= 15 is 0 Å². The van der Waals surface area contributed by atoms with Gasteiger partial charge in [0.2, 0.25) is 0 Å². The Morgan fingerprint density at radius 1 is 0.973 bits per heavy atom. The molecule has 198 valence electrons. The minimum Gasteiger partial charge on any atom is -0.507 e. The minimum absolute atomic E-state index is 0.0324. The fourth-order valence-electron chi connectivity index (χ4n) is 4.56. The van der Waals surface area contributed by atoms with Gasteiger partial charge in [-0.3, -0.25) is 19.7 Å². The number of non-ortho nitro benzene ring substituents is 1. The monoisotopic (exact) mass is 527 g/mol. The quantitative estimate of drug-likeness (QED) is 0.113. The molecule has 1 heterocycles. The lowest BCUT2D eigenvalue weighted by molar-refractivity contribution is -0.384. The maximum atomic E-state index is 13.2. The number of Topliss-reactive ketones (excluding diaryl/α,β-unsaturated/α-hetero) is 1. The number of aliphatic hydroxyl groups is 1. The first-order valence-electron chi connectivity index (χ1n) is 12.8. The number of halogens is 1. The summed E-state index contributed by atoms with van der Waals surface area (Å²) in [4.78, 5) is 40.7. The topological polar surface area (TPSA) is 104 Å². The summed E-state index contributed by atoms with van der Waals surface area (Å²) < 4.78 is 0. The zero-order chi connectivity index (χ0) is 26.9. The Kier molecular flexibility index (Phi) is 10.2. The Morgan fingerprint density at radius 2 is 1.54 bits per heavy atom. The second-order valence-electron chi connectivity index (χ2n) is 9.25. The van der Waals surface area contributed by atoms with Crippen LogP contribution in [-0.4, -0.2) is 57.7 Å². The van der Waals surface area contributed by atoms with Gasteiger partial charge in [0, 0.05) is 29.3 Å². The van der Waals surface area contributed by atoms with Crippen molar-refractivity contribution >= 4 is 34.7 Å². The highest BCUT2D eigenvalue weighted by Gasteiger charge is 2.45. The molecule has 1 amide bonds. The molecule has 2 aromatic rings. The van der Waals surface area contributed by atoms with E-state index < -0.39 is 22.7 Å². The van der Waals surface area contributed by atoms with Crippen LogP contribution in [0, 0.1) is 10.1 Å². The summed E-state index contributed by atoms with van der Waals surface area (Å²) in [6.45, 7) is 7.47. The summed E-state index contributed by atoms with van der Waals surface area (Å²) in [5.41, 5.74) is 0.714. The molecule has 1 N–H and O–H groups in total. The van der Waals surface area contributed by atoms with Crippen LogP contribution in [0.3, 0.4) is 0 Å². The standard InChI is InChI=1S/C28H34ClN3O5/c1-3-5-16-30(17-6-4-2)18-7-19-31-25(20-8-12-22(29)13-9-20)24(27(34)28(31)35)26(33)21-10-14-23(15-11-21)32(36)37/h8-15,25,33H,3-7,16-19H2,1-2H3/t25-/m0/s1. The van der Waals surface area contributed by atoms with Crippen molar-refractivity contribution in [1.29, 1.82) is 0 Å². The van der Waals surface area contributed by atoms with Crippen molar-refractivity contribution in [2.24, 2.45) is 0 Å². The molecule has 1 aliphatic rings. The number of nitrogens with zero attached hydrogens (tertiary/aromatic N) is 3. The van der Waals surface area contributed by atoms with E-state index in [-0.39, 0.29) is 22.6 Å². The van der Waals surface area contributed by atoms with Crippen LogP contribution in [0.1, 0.15) is 63.1 Å². The van der Waals surface area contributed by atoms with Crippen molar-refractivity contribution in [3.05, 3.63) is 80.4 Å². The summed E-state index contributed by atoms with van der Waals surface area (Å²) in [7, 11) is 0. The van der Waals surface area contributed by atoms with Crippen molar-refractivity contribution in [3.63, 3.8) is 0 Å². The molecule has 8 nitrogen and oxygen atoms in total. The smallest absolute Gasteiger partial charge is 0.295 e. The van der Waals surface area contributed by atoms with E-state index in [1.807, 2.05) is 0 Å². The lowest BCUT2D eigenvalue weighted by Crippen LogP contribution is -2.34. The van der Waals surface area contributed by atoms with Gasteiger partial charge in [0.05, 0.1) is 16.5 Å². The molecular formula is C28H34ClN3O5. The number of ketones is 1. The molecule has 0 radical (unpaired) electrons. The summed E-state index contributed by atoms with van der Waals surface area (Å²) in [5.74, 6) is -1.80. The first kappa shape index (κ1) is 28.3. The number of hydrogen-bond acceptors (Lipinski definition) is 6. The van der Waals surface area contributed by atoms with Crippen LogP contribution in [-0.2, 0) is 9.59 Å². The van der Waals surface area contributed by atoms with Gasteiger partial charge in [0.15, 0.2) is 0 Å². The maximum Gasteiger partial charge on any atom is 0.295 e. The average Bonchev–Trinajstić information content (AvgIpc) is 3.15. The van der Waals surface area contributed by atoms with Gasteiger partial charge in [0.1, 0.15) is 5.76 Å². The van der Waals surface area contributed by atoms with E-state index in [0.717, 1.165) is 45.3 Å². The van der Waals surface area contributed by atoms with Crippen molar-refractivity contribution in [1.82, 2.24) is 9.80 Å². The van der Waals surface area contributed by atoms with Crippen LogP contribution in [0.4, 0.5) is 5.69 Å². The second kappa shape index (κ2) is 13.4. The zero-order valence-electron chi connectivity index (χ0n) is 21.4. The lowest BCUT2D eigenvalue weighted by atomic mass is 9.95.